The van der Waals surface area contributed by atoms with Crippen LogP contribution in [0.3, 0.4) is 0 Å². The molecule has 0 aliphatic heterocycles. The van der Waals surface area contributed by atoms with Gasteiger partial charge in [-0.3, -0.25) is 10.1 Å². The molecule has 1 amide bonds. The maximum absolute atomic E-state index is 12.5. The molecule has 0 aliphatic rings. The number of nitrogens with one attached hydrogen (secondary N) is 1. The van der Waals surface area contributed by atoms with Gasteiger partial charge in [-0.05, 0) is 24.3 Å². The van der Waals surface area contributed by atoms with Crippen LogP contribution in [0.4, 0.5) is 18.3 Å². The average molecular weight is 329 g/mol. The highest BCUT2D eigenvalue weighted by molar-refractivity contribution is 7.15. The minimum absolute atomic E-state index is 0.125. The second kappa shape index (κ2) is 5.68. The average Bonchev–Trinajstić information content (AvgIpc) is 2.86. The summed E-state index contributed by atoms with van der Waals surface area (Å²) in [6.07, 6.45) is -4.42. The van der Waals surface area contributed by atoms with Crippen LogP contribution >= 0.6 is 11.3 Å². The molecule has 1 aromatic carbocycles. The van der Waals surface area contributed by atoms with Crippen LogP contribution in [0.2, 0.25) is 0 Å². The summed E-state index contributed by atoms with van der Waals surface area (Å²) in [5, 5.41) is 11.5. The molecule has 8 heteroatoms. The summed E-state index contributed by atoms with van der Waals surface area (Å²) in [7, 11) is 0. The van der Waals surface area contributed by atoms with Crippen LogP contribution in [0.15, 0.2) is 24.3 Å². The van der Waals surface area contributed by atoms with E-state index in [0.717, 1.165) is 29.3 Å². The number of aromatic nitrogens is 2. The molecular formula is C14H14F3N3OS. The Morgan fingerprint density at radius 2 is 1.68 bits per heavy atom. The van der Waals surface area contributed by atoms with Crippen LogP contribution in [-0.4, -0.2) is 16.1 Å². The van der Waals surface area contributed by atoms with Crippen molar-refractivity contribution in [3.05, 3.63) is 40.4 Å². The molecule has 0 radical (unpaired) electrons. The number of carbonyl (C=O) groups excluding carboxylic acids is 1. The lowest BCUT2D eigenvalue weighted by Gasteiger charge is -2.12. The molecule has 1 N–H and O–H groups in total. The largest absolute Gasteiger partial charge is 0.416 e. The van der Waals surface area contributed by atoms with E-state index in [1.807, 2.05) is 20.8 Å². The topological polar surface area (TPSA) is 54.9 Å². The quantitative estimate of drug-likeness (QED) is 0.902. The standard InChI is InChI=1S/C14H14F3N3OS/c1-13(2,3)11-19-20-12(22-11)18-10(21)8-4-6-9(7-5-8)14(15,16)17/h4-7H,1-3H3,(H,18,20,21). The molecular weight excluding hydrogens is 315 g/mol. The van der Waals surface area contributed by atoms with E-state index < -0.39 is 17.6 Å². The van der Waals surface area contributed by atoms with Gasteiger partial charge in [0.2, 0.25) is 5.13 Å². The number of amides is 1. The summed E-state index contributed by atoms with van der Waals surface area (Å²) in [6.45, 7) is 5.90. The summed E-state index contributed by atoms with van der Waals surface area (Å²) in [4.78, 5) is 12.0. The molecule has 0 fully saturated rings. The van der Waals surface area contributed by atoms with Gasteiger partial charge in [-0.1, -0.05) is 32.1 Å². The maximum atomic E-state index is 12.5. The van der Waals surface area contributed by atoms with E-state index in [1.54, 1.807) is 0 Å². The van der Waals surface area contributed by atoms with E-state index in [-0.39, 0.29) is 11.0 Å². The van der Waals surface area contributed by atoms with Crippen molar-refractivity contribution in [1.29, 1.82) is 0 Å². The second-order valence-electron chi connectivity index (χ2n) is 5.69. The van der Waals surface area contributed by atoms with Gasteiger partial charge in [-0.2, -0.15) is 13.2 Å². The number of carbonyl (C=O) groups is 1. The Morgan fingerprint density at radius 3 is 2.14 bits per heavy atom. The molecule has 118 valence electrons. The molecule has 0 spiro atoms. The lowest BCUT2D eigenvalue weighted by Crippen LogP contribution is -2.12. The number of rotatable bonds is 2. The highest BCUT2D eigenvalue weighted by Crippen LogP contribution is 2.30. The maximum Gasteiger partial charge on any atom is 0.416 e. The smallest absolute Gasteiger partial charge is 0.296 e. The zero-order chi connectivity index (χ0) is 16.5. The van der Waals surface area contributed by atoms with E-state index >= 15 is 0 Å². The molecule has 2 aromatic rings. The Bertz CT molecular complexity index is 672. The summed E-state index contributed by atoms with van der Waals surface area (Å²) >= 11 is 1.24. The van der Waals surface area contributed by atoms with Gasteiger partial charge in [-0.15, -0.1) is 10.2 Å². The fourth-order valence-electron chi connectivity index (χ4n) is 1.56. The van der Waals surface area contributed by atoms with Crippen molar-refractivity contribution in [1.82, 2.24) is 10.2 Å². The first-order chi connectivity index (χ1) is 10.1. The zero-order valence-corrected chi connectivity index (χ0v) is 13.0. The fourth-order valence-corrected chi connectivity index (χ4v) is 2.35. The SMILES string of the molecule is CC(C)(C)c1nnc(NC(=O)c2ccc(C(F)(F)F)cc2)s1. The first kappa shape index (κ1) is 16.4. The second-order valence-corrected chi connectivity index (χ2v) is 6.67. The first-order valence-electron chi connectivity index (χ1n) is 6.40. The predicted octanol–water partition coefficient (Wildman–Crippen LogP) is 4.11. The number of anilines is 1. The van der Waals surface area contributed by atoms with E-state index in [9.17, 15) is 18.0 Å². The van der Waals surface area contributed by atoms with E-state index in [1.165, 1.54) is 11.3 Å². The van der Waals surface area contributed by atoms with Gasteiger partial charge < -0.3 is 0 Å². The van der Waals surface area contributed by atoms with Crippen LogP contribution in [0.1, 0.15) is 41.7 Å². The molecule has 0 saturated heterocycles. The lowest BCUT2D eigenvalue weighted by molar-refractivity contribution is -0.137. The van der Waals surface area contributed by atoms with Gasteiger partial charge in [0.05, 0.1) is 5.56 Å². The van der Waals surface area contributed by atoms with E-state index in [4.69, 9.17) is 0 Å². The molecule has 1 heterocycles. The monoisotopic (exact) mass is 329 g/mol. The van der Waals surface area contributed by atoms with Crippen LogP contribution in [0.25, 0.3) is 0 Å². The van der Waals surface area contributed by atoms with Gasteiger partial charge in [0, 0.05) is 11.0 Å². The third-order valence-corrected chi connectivity index (χ3v) is 4.03. The summed E-state index contributed by atoms with van der Waals surface area (Å²) in [5.41, 5.74) is -0.856. The number of nitrogens with zero attached hydrogens (tertiary/aromatic N) is 2. The van der Waals surface area contributed by atoms with Crippen LogP contribution in [0, 0.1) is 0 Å². The minimum Gasteiger partial charge on any atom is -0.296 e. The summed E-state index contributed by atoms with van der Waals surface area (Å²) < 4.78 is 37.4. The number of benzene rings is 1. The summed E-state index contributed by atoms with van der Waals surface area (Å²) in [5.74, 6) is -0.523. The van der Waals surface area contributed by atoms with Gasteiger partial charge in [-0.25, -0.2) is 0 Å². The third-order valence-electron chi connectivity index (χ3n) is 2.76. The van der Waals surface area contributed by atoms with Crippen molar-refractivity contribution in [3.63, 3.8) is 0 Å². The van der Waals surface area contributed by atoms with Crippen molar-refractivity contribution in [3.8, 4) is 0 Å². The van der Waals surface area contributed by atoms with Gasteiger partial charge in [0.15, 0.2) is 0 Å². The Kier molecular flexibility index (Phi) is 4.23. The molecule has 0 bridgehead atoms. The Balaban J connectivity index is 2.11. The van der Waals surface area contributed by atoms with Crippen molar-refractivity contribution in [2.75, 3.05) is 5.32 Å². The number of halogens is 3. The highest BCUT2D eigenvalue weighted by atomic mass is 32.1. The van der Waals surface area contributed by atoms with E-state index in [2.05, 4.69) is 15.5 Å². The molecule has 0 unspecified atom stereocenters. The third kappa shape index (κ3) is 3.82. The molecule has 0 atom stereocenters. The van der Waals surface area contributed by atoms with Gasteiger partial charge in [0.1, 0.15) is 5.01 Å². The highest BCUT2D eigenvalue weighted by Gasteiger charge is 2.30. The summed E-state index contributed by atoms with van der Waals surface area (Å²) in [6, 6.07) is 4.00. The Labute approximate surface area is 129 Å². The molecule has 0 saturated carbocycles. The van der Waals surface area contributed by atoms with Crippen LogP contribution < -0.4 is 5.32 Å². The number of alkyl halides is 3. The molecule has 1 aromatic heterocycles. The normalized spacial score (nSPS) is 12.3. The van der Waals surface area contributed by atoms with Crippen LogP contribution in [-0.2, 0) is 11.6 Å². The zero-order valence-electron chi connectivity index (χ0n) is 12.2. The Morgan fingerprint density at radius 1 is 1.09 bits per heavy atom. The molecule has 2 rings (SSSR count). The number of hydrogen-bond donors (Lipinski definition) is 1. The minimum atomic E-state index is -4.42. The first-order valence-corrected chi connectivity index (χ1v) is 7.21. The number of hydrogen-bond acceptors (Lipinski definition) is 4. The van der Waals surface area contributed by atoms with Crippen molar-refractivity contribution < 1.29 is 18.0 Å². The van der Waals surface area contributed by atoms with Gasteiger partial charge >= 0.3 is 6.18 Å². The molecule has 0 aliphatic carbocycles. The Hall–Kier alpha value is -1.96. The van der Waals surface area contributed by atoms with Crippen molar-refractivity contribution in [2.45, 2.75) is 32.4 Å². The fraction of sp³-hybridized carbons (Fsp3) is 0.357. The van der Waals surface area contributed by atoms with Gasteiger partial charge in [0.25, 0.3) is 5.91 Å². The van der Waals surface area contributed by atoms with Crippen molar-refractivity contribution in [2.24, 2.45) is 0 Å². The predicted molar refractivity (Wildman–Crippen MR) is 78.0 cm³/mol. The molecule has 22 heavy (non-hydrogen) atoms. The van der Waals surface area contributed by atoms with Crippen LogP contribution in [0.5, 0.6) is 0 Å². The lowest BCUT2D eigenvalue weighted by atomic mass is 9.98. The van der Waals surface area contributed by atoms with Crippen molar-refractivity contribution >= 4 is 22.4 Å². The molecule has 4 nitrogen and oxygen atoms in total. The van der Waals surface area contributed by atoms with E-state index in [0.29, 0.717) is 5.13 Å².